The molecule has 0 aromatic rings. The Morgan fingerprint density at radius 3 is 2.11 bits per heavy atom. The van der Waals surface area contributed by atoms with Crippen LogP contribution in [0.4, 0.5) is 0 Å². The molecule has 0 aliphatic carbocycles. The van der Waals surface area contributed by atoms with Crippen LogP contribution in [0.1, 0.15) is 0 Å². The van der Waals surface area contributed by atoms with E-state index >= 15 is 0 Å². The van der Waals surface area contributed by atoms with Crippen molar-refractivity contribution in [1.29, 1.82) is 0 Å². The first kappa shape index (κ1) is 16.0. The Labute approximate surface area is 64.6 Å². The van der Waals surface area contributed by atoms with Gasteiger partial charge in [0.25, 0.3) is 0 Å². The molecule has 0 aliphatic rings. The molecule has 0 saturated heterocycles. The van der Waals surface area contributed by atoms with Gasteiger partial charge in [-0.15, -0.1) is 0 Å². The van der Waals surface area contributed by atoms with Crippen molar-refractivity contribution in [2.24, 2.45) is 5.73 Å². The highest BCUT2D eigenvalue weighted by atomic mass is 35.5. The quantitative estimate of drug-likeness (QED) is 0.369. The minimum atomic E-state index is -1.00. The summed E-state index contributed by atoms with van der Waals surface area (Å²) >= 11 is 3.65. The molecule has 0 radical (unpaired) electrons. The zero-order valence-corrected chi connectivity index (χ0v) is 6.19. The number of aliphatic carboxylic acids is 1. The van der Waals surface area contributed by atoms with Crippen LogP contribution >= 0.6 is 12.6 Å². The summed E-state index contributed by atoms with van der Waals surface area (Å²) in [7, 11) is 0. The molecule has 0 aliphatic heterocycles. The largest absolute Gasteiger partial charge is 1.00 e. The first-order valence-electron chi connectivity index (χ1n) is 1.77. The number of carbonyl (C=O) groups is 1. The van der Waals surface area contributed by atoms with Gasteiger partial charge < -0.3 is 28.7 Å². The lowest BCUT2D eigenvalue weighted by Crippen LogP contribution is -3.00. The molecule has 58 valence electrons. The summed E-state index contributed by atoms with van der Waals surface area (Å²) in [5, 5.41) is 8.01. The van der Waals surface area contributed by atoms with Crippen LogP contribution in [0.25, 0.3) is 0 Å². The molecule has 1 atom stereocenters. The lowest BCUT2D eigenvalue weighted by atomic mass is 10.4. The first-order chi connectivity index (χ1) is 3.18. The number of hydrogen-bond donors (Lipinski definition) is 3. The van der Waals surface area contributed by atoms with Crippen molar-refractivity contribution >= 4 is 18.6 Å². The van der Waals surface area contributed by atoms with E-state index in [2.05, 4.69) is 12.6 Å². The smallest absolute Gasteiger partial charge is 0.321 e. The van der Waals surface area contributed by atoms with E-state index in [9.17, 15) is 4.79 Å². The number of hydrogen-bond acceptors (Lipinski definition) is 3. The molecule has 0 bridgehead atoms. The van der Waals surface area contributed by atoms with Gasteiger partial charge in [-0.2, -0.15) is 12.6 Å². The monoisotopic (exact) mass is 174 g/mol. The topological polar surface area (TPSA) is 94.8 Å². The van der Waals surface area contributed by atoms with Crippen LogP contribution in [0, 0.1) is 0 Å². The summed E-state index contributed by atoms with van der Waals surface area (Å²) in [5.74, 6) is -0.815. The van der Waals surface area contributed by atoms with Gasteiger partial charge in [-0.3, -0.25) is 4.79 Å². The third-order valence-corrected chi connectivity index (χ3v) is 0.907. The van der Waals surface area contributed by atoms with Gasteiger partial charge in [-0.1, -0.05) is 0 Å². The normalized spacial score (nSPS) is 10.4. The van der Waals surface area contributed by atoms with Crippen LogP contribution in [0.15, 0.2) is 0 Å². The average molecular weight is 175 g/mol. The van der Waals surface area contributed by atoms with Crippen molar-refractivity contribution in [2.75, 3.05) is 5.75 Å². The summed E-state index contributed by atoms with van der Waals surface area (Å²) in [6, 6.07) is -0.816. The molecule has 0 saturated carbocycles. The van der Waals surface area contributed by atoms with Crippen LogP contribution in [0.3, 0.4) is 0 Å². The second-order valence-corrected chi connectivity index (χ2v) is 1.49. The Morgan fingerprint density at radius 1 is 1.78 bits per heavy atom. The molecule has 6 heteroatoms. The summed E-state index contributed by atoms with van der Waals surface area (Å²) in [5.41, 5.74) is 4.94. The summed E-state index contributed by atoms with van der Waals surface area (Å²) in [4.78, 5) is 9.76. The maximum absolute atomic E-state index is 9.76. The minimum Gasteiger partial charge on any atom is -1.00 e. The third-order valence-electron chi connectivity index (χ3n) is 0.514. The fraction of sp³-hybridized carbons (Fsp3) is 0.667. The van der Waals surface area contributed by atoms with E-state index < -0.39 is 12.0 Å². The van der Waals surface area contributed by atoms with Crippen molar-refractivity contribution in [1.82, 2.24) is 0 Å². The maximum Gasteiger partial charge on any atom is 0.321 e. The van der Waals surface area contributed by atoms with E-state index in [1.54, 1.807) is 0 Å². The lowest BCUT2D eigenvalue weighted by Gasteiger charge is -1.96. The summed E-state index contributed by atoms with van der Waals surface area (Å²) in [6.45, 7) is 0. The second kappa shape index (κ2) is 8.03. The number of carboxylic acid groups (broad SMARTS) is 1. The Hall–Kier alpha value is 0.0300. The van der Waals surface area contributed by atoms with Gasteiger partial charge in [0.15, 0.2) is 0 Å². The van der Waals surface area contributed by atoms with Gasteiger partial charge in [-0.05, 0) is 0 Å². The number of thiol groups is 1. The summed E-state index contributed by atoms with van der Waals surface area (Å²) in [6.07, 6.45) is 0. The minimum absolute atomic E-state index is 0. The molecule has 4 nitrogen and oxygen atoms in total. The lowest BCUT2D eigenvalue weighted by molar-refractivity contribution is -0.137. The van der Waals surface area contributed by atoms with E-state index in [0.717, 1.165) is 0 Å². The van der Waals surface area contributed by atoms with Crippen molar-refractivity contribution < 1.29 is 27.8 Å². The predicted molar refractivity (Wildman–Crippen MR) is 33.1 cm³/mol. The number of rotatable bonds is 2. The molecular formula is C3H9ClNO3S-. The Balaban J connectivity index is -0.000000180. The van der Waals surface area contributed by atoms with Crippen LogP contribution in [-0.4, -0.2) is 28.3 Å². The Bertz CT molecular complexity index is 81.5. The van der Waals surface area contributed by atoms with E-state index in [1.807, 2.05) is 0 Å². The zero-order valence-electron chi connectivity index (χ0n) is 4.54. The van der Waals surface area contributed by atoms with Gasteiger partial charge in [0.2, 0.25) is 0 Å². The van der Waals surface area contributed by atoms with E-state index in [4.69, 9.17) is 10.8 Å². The first-order valence-corrected chi connectivity index (χ1v) is 2.41. The number of halogens is 1. The molecule has 0 fully saturated rings. The highest BCUT2D eigenvalue weighted by molar-refractivity contribution is 7.80. The molecule has 0 rings (SSSR count). The van der Waals surface area contributed by atoms with Crippen LogP contribution in [-0.2, 0) is 4.79 Å². The number of nitrogens with two attached hydrogens (primary N) is 1. The molecule has 9 heavy (non-hydrogen) atoms. The molecule has 0 amide bonds. The molecule has 5 N–H and O–H groups in total. The van der Waals surface area contributed by atoms with Gasteiger partial charge >= 0.3 is 5.97 Å². The van der Waals surface area contributed by atoms with Crippen molar-refractivity contribution in [3.63, 3.8) is 0 Å². The van der Waals surface area contributed by atoms with Crippen LogP contribution < -0.4 is 18.1 Å². The zero-order chi connectivity index (χ0) is 5.86. The molecule has 0 aromatic carbocycles. The van der Waals surface area contributed by atoms with E-state index in [1.165, 1.54) is 0 Å². The molecule has 0 heterocycles. The highest BCUT2D eigenvalue weighted by Gasteiger charge is 2.06. The van der Waals surface area contributed by atoms with E-state index in [-0.39, 0.29) is 23.6 Å². The Kier molecular flexibility index (Phi) is 14.3. The van der Waals surface area contributed by atoms with Gasteiger partial charge in [0.1, 0.15) is 6.04 Å². The fourth-order valence-corrected chi connectivity index (χ4v) is 0.234. The Morgan fingerprint density at radius 2 is 2.11 bits per heavy atom. The standard InChI is InChI=1S/C3H7NO2S.ClH.H2O/c4-2(1-7)3(5)6;;/h2,7H,1,4H2,(H,5,6);1H;1H2/p-1/t2-;;/m0../s1. The van der Waals surface area contributed by atoms with Gasteiger partial charge in [0.05, 0.1) is 0 Å². The van der Waals surface area contributed by atoms with Gasteiger partial charge in [0, 0.05) is 5.75 Å². The fourth-order valence-electron chi connectivity index (χ4n) is 0.0781. The maximum atomic E-state index is 9.76. The summed E-state index contributed by atoms with van der Waals surface area (Å²) < 4.78 is 0. The van der Waals surface area contributed by atoms with Crippen molar-refractivity contribution in [3.05, 3.63) is 0 Å². The highest BCUT2D eigenvalue weighted by Crippen LogP contribution is 1.80. The van der Waals surface area contributed by atoms with Crippen LogP contribution in [0.5, 0.6) is 0 Å². The third kappa shape index (κ3) is 8.03. The van der Waals surface area contributed by atoms with Crippen molar-refractivity contribution in [3.8, 4) is 0 Å². The molecule has 0 aromatic heterocycles. The van der Waals surface area contributed by atoms with Crippen molar-refractivity contribution in [2.45, 2.75) is 6.04 Å². The van der Waals surface area contributed by atoms with E-state index in [0.29, 0.717) is 0 Å². The average Bonchev–Trinajstić information content (AvgIpc) is 1.65. The number of carboxylic acids is 1. The van der Waals surface area contributed by atoms with Crippen LogP contribution in [0.2, 0.25) is 0 Å². The van der Waals surface area contributed by atoms with Gasteiger partial charge in [-0.25, -0.2) is 0 Å². The molecule has 0 unspecified atom stereocenters. The second-order valence-electron chi connectivity index (χ2n) is 1.13. The predicted octanol–water partition coefficient (Wildman–Crippen LogP) is -4.49. The SMILES string of the molecule is N[C@@H](CS)C(=O)O.O.[Cl-]. The molecule has 0 spiro atoms. The molecular weight excluding hydrogens is 166 g/mol.